The van der Waals surface area contributed by atoms with Gasteiger partial charge in [0.1, 0.15) is 0 Å². The van der Waals surface area contributed by atoms with Crippen LogP contribution in [0.25, 0.3) is 0 Å². The molecule has 15 heavy (non-hydrogen) atoms. The number of amides is 2. The Kier molecular flexibility index (Phi) is 4.63. The lowest BCUT2D eigenvalue weighted by Gasteiger charge is -2.08. The molecule has 82 valence electrons. The van der Waals surface area contributed by atoms with Gasteiger partial charge >= 0.3 is 6.03 Å². The van der Waals surface area contributed by atoms with E-state index in [-0.39, 0.29) is 12.6 Å². The molecule has 3 N–H and O–H groups in total. The molecule has 0 aliphatic heterocycles. The van der Waals surface area contributed by atoms with Gasteiger partial charge in [-0.1, -0.05) is 24.3 Å². The van der Waals surface area contributed by atoms with E-state index < -0.39 is 0 Å². The molecule has 0 aromatic heterocycles. The Morgan fingerprint density at radius 1 is 1.27 bits per heavy atom. The molecule has 0 saturated heterocycles. The van der Waals surface area contributed by atoms with Crippen LogP contribution in [0.5, 0.6) is 0 Å². The number of aliphatic hydroxyl groups excluding tert-OH is 1. The first kappa shape index (κ1) is 11.5. The van der Waals surface area contributed by atoms with Crippen LogP contribution in [0.1, 0.15) is 18.1 Å². The van der Waals surface area contributed by atoms with Crippen molar-refractivity contribution in [2.24, 2.45) is 0 Å². The van der Waals surface area contributed by atoms with Gasteiger partial charge in [0.2, 0.25) is 0 Å². The summed E-state index contributed by atoms with van der Waals surface area (Å²) in [5.74, 6) is 0. The summed E-state index contributed by atoms with van der Waals surface area (Å²) >= 11 is 0. The van der Waals surface area contributed by atoms with E-state index in [2.05, 4.69) is 10.6 Å². The second-order valence-electron chi connectivity index (χ2n) is 3.14. The SMILES string of the molecule is CCNC(=O)NCc1ccccc1CO. The molecule has 1 aromatic rings. The fourth-order valence-corrected chi connectivity index (χ4v) is 1.28. The highest BCUT2D eigenvalue weighted by Gasteiger charge is 2.02. The number of carbonyl (C=O) groups is 1. The summed E-state index contributed by atoms with van der Waals surface area (Å²) in [6, 6.07) is 7.28. The number of rotatable bonds is 4. The predicted molar refractivity (Wildman–Crippen MR) is 58.3 cm³/mol. The van der Waals surface area contributed by atoms with Gasteiger partial charge in [-0.05, 0) is 18.1 Å². The molecule has 1 rings (SSSR count). The molecule has 0 aliphatic carbocycles. The Morgan fingerprint density at radius 2 is 1.93 bits per heavy atom. The Bertz CT molecular complexity index is 326. The third-order valence-electron chi connectivity index (χ3n) is 2.07. The summed E-state index contributed by atoms with van der Waals surface area (Å²) < 4.78 is 0. The fourth-order valence-electron chi connectivity index (χ4n) is 1.28. The van der Waals surface area contributed by atoms with E-state index in [4.69, 9.17) is 5.11 Å². The standard InChI is InChI=1S/C11H16N2O2/c1-2-12-11(15)13-7-9-5-3-4-6-10(9)8-14/h3-6,14H,2,7-8H2,1H3,(H2,12,13,15). The van der Waals surface area contributed by atoms with E-state index in [0.717, 1.165) is 11.1 Å². The molecular weight excluding hydrogens is 192 g/mol. The first-order chi connectivity index (χ1) is 7.27. The summed E-state index contributed by atoms with van der Waals surface area (Å²) in [7, 11) is 0. The van der Waals surface area contributed by atoms with Crippen molar-refractivity contribution in [3.8, 4) is 0 Å². The normalized spacial score (nSPS) is 9.73. The average Bonchev–Trinajstić information content (AvgIpc) is 2.27. The molecule has 0 fully saturated rings. The number of hydrogen-bond acceptors (Lipinski definition) is 2. The van der Waals surface area contributed by atoms with Crippen molar-refractivity contribution >= 4 is 6.03 Å². The molecule has 0 bridgehead atoms. The smallest absolute Gasteiger partial charge is 0.315 e. The largest absolute Gasteiger partial charge is 0.392 e. The zero-order chi connectivity index (χ0) is 11.1. The van der Waals surface area contributed by atoms with Crippen molar-refractivity contribution in [3.05, 3.63) is 35.4 Å². The highest BCUT2D eigenvalue weighted by Crippen LogP contribution is 2.07. The van der Waals surface area contributed by atoms with E-state index in [1.54, 1.807) is 0 Å². The van der Waals surface area contributed by atoms with Crippen LogP contribution in [0.4, 0.5) is 4.79 Å². The number of carbonyl (C=O) groups excluding carboxylic acids is 1. The van der Waals surface area contributed by atoms with Gasteiger partial charge in [0.25, 0.3) is 0 Å². The Hall–Kier alpha value is -1.55. The maximum atomic E-state index is 11.1. The molecule has 4 nitrogen and oxygen atoms in total. The van der Waals surface area contributed by atoms with E-state index >= 15 is 0 Å². The Balaban J connectivity index is 2.53. The monoisotopic (exact) mass is 208 g/mol. The van der Waals surface area contributed by atoms with Crippen LogP contribution < -0.4 is 10.6 Å². The lowest BCUT2D eigenvalue weighted by Crippen LogP contribution is -2.34. The van der Waals surface area contributed by atoms with Crippen LogP contribution in [-0.2, 0) is 13.2 Å². The van der Waals surface area contributed by atoms with Gasteiger partial charge in [0.05, 0.1) is 6.61 Å². The van der Waals surface area contributed by atoms with Crippen molar-refractivity contribution < 1.29 is 9.90 Å². The lowest BCUT2D eigenvalue weighted by molar-refractivity contribution is 0.240. The zero-order valence-corrected chi connectivity index (χ0v) is 8.79. The second-order valence-corrected chi connectivity index (χ2v) is 3.14. The summed E-state index contributed by atoms with van der Waals surface area (Å²) in [5, 5.41) is 14.4. The Morgan fingerprint density at radius 3 is 2.53 bits per heavy atom. The molecule has 0 unspecified atom stereocenters. The predicted octanol–water partition coefficient (Wildman–Crippen LogP) is 0.998. The number of benzene rings is 1. The molecule has 0 atom stereocenters. The van der Waals surface area contributed by atoms with E-state index in [1.165, 1.54) is 0 Å². The lowest BCUT2D eigenvalue weighted by atomic mass is 10.1. The summed E-state index contributed by atoms with van der Waals surface area (Å²) in [6.45, 7) is 2.89. The van der Waals surface area contributed by atoms with Gasteiger partial charge in [-0.25, -0.2) is 4.79 Å². The molecule has 0 radical (unpaired) electrons. The minimum Gasteiger partial charge on any atom is -0.392 e. The summed E-state index contributed by atoms with van der Waals surface area (Å²) in [4.78, 5) is 11.1. The molecule has 0 spiro atoms. The first-order valence-corrected chi connectivity index (χ1v) is 4.97. The number of nitrogens with one attached hydrogen (secondary N) is 2. The van der Waals surface area contributed by atoms with Gasteiger partial charge in [-0.2, -0.15) is 0 Å². The van der Waals surface area contributed by atoms with Gasteiger partial charge < -0.3 is 15.7 Å². The van der Waals surface area contributed by atoms with Crippen molar-refractivity contribution in [1.82, 2.24) is 10.6 Å². The summed E-state index contributed by atoms with van der Waals surface area (Å²) in [6.07, 6.45) is 0. The van der Waals surface area contributed by atoms with Crippen LogP contribution in [0.15, 0.2) is 24.3 Å². The number of urea groups is 1. The Labute approximate surface area is 89.3 Å². The minimum absolute atomic E-state index is 0.00670. The maximum Gasteiger partial charge on any atom is 0.315 e. The quantitative estimate of drug-likeness (QED) is 0.691. The molecule has 0 saturated carbocycles. The van der Waals surface area contributed by atoms with Crippen molar-refractivity contribution in [2.75, 3.05) is 6.54 Å². The van der Waals surface area contributed by atoms with Crippen LogP contribution in [0.3, 0.4) is 0 Å². The molecule has 1 aromatic carbocycles. The van der Waals surface area contributed by atoms with Gasteiger partial charge in [-0.15, -0.1) is 0 Å². The third kappa shape index (κ3) is 3.59. The third-order valence-corrected chi connectivity index (χ3v) is 2.07. The highest BCUT2D eigenvalue weighted by atomic mass is 16.3. The number of aliphatic hydroxyl groups is 1. The van der Waals surface area contributed by atoms with E-state index in [9.17, 15) is 4.79 Å². The van der Waals surface area contributed by atoms with Gasteiger partial charge in [0.15, 0.2) is 0 Å². The summed E-state index contributed by atoms with van der Waals surface area (Å²) in [5.41, 5.74) is 1.78. The molecule has 4 heteroatoms. The zero-order valence-electron chi connectivity index (χ0n) is 8.79. The van der Waals surface area contributed by atoms with Crippen LogP contribution >= 0.6 is 0 Å². The van der Waals surface area contributed by atoms with E-state index in [0.29, 0.717) is 13.1 Å². The molecular formula is C11H16N2O2. The van der Waals surface area contributed by atoms with Crippen LogP contribution in [0.2, 0.25) is 0 Å². The van der Waals surface area contributed by atoms with Crippen LogP contribution in [-0.4, -0.2) is 17.7 Å². The highest BCUT2D eigenvalue weighted by molar-refractivity contribution is 5.73. The second kappa shape index (κ2) is 6.03. The van der Waals surface area contributed by atoms with E-state index in [1.807, 2.05) is 31.2 Å². The van der Waals surface area contributed by atoms with Crippen molar-refractivity contribution in [2.45, 2.75) is 20.1 Å². The molecule has 0 heterocycles. The van der Waals surface area contributed by atoms with Gasteiger partial charge in [-0.3, -0.25) is 0 Å². The van der Waals surface area contributed by atoms with Gasteiger partial charge in [0, 0.05) is 13.1 Å². The fraction of sp³-hybridized carbons (Fsp3) is 0.364. The maximum absolute atomic E-state index is 11.1. The van der Waals surface area contributed by atoms with Crippen LogP contribution in [0, 0.1) is 0 Å². The topological polar surface area (TPSA) is 61.4 Å². The first-order valence-electron chi connectivity index (χ1n) is 4.97. The average molecular weight is 208 g/mol. The van der Waals surface area contributed by atoms with Crippen molar-refractivity contribution in [1.29, 1.82) is 0 Å². The molecule has 2 amide bonds. The number of hydrogen-bond donors (Lipinski definition) is 3. The minimum atomic E-state index is -0.190. The molecule has 0 aliphatic rings. The van der Waals surface area contributed by atoms with Crippen molar-refractivity contribution in [3.63, 3.8) is 0 Å².